The summed E-state index contributed by atoms with van der Waals surface area (Å²) in [6.45, 7) is 2.20. The molecule has 0 aromatic rings. The number of aliphatic hydroxyl groups is 2. The van der Waals surface area contributed by atoms with Crippen LogP contribution in [0.1, 0.15) is 219 Å². The summed E-state index contributed by atoms with van der Waals surface area (Å²) >= 11 is 0. The predicted molar refractivity (Wildman–Crippen MR) is 233 cm³/mol. The van der Waals surface area contributed by atoms with Gasteiger partial charge < -0.3 is 24.6 Å². The minimum absolute atomic E-state index is 0.183. The highest BCUT2D eigenvalue weighted by molar-refractivity contribution is 7.47. The van der Waals surface area contributed by atoms with E-state index in [1.165, 1.54) is 122 Å². The number of hydrogen-bond donors (Lipinski definition) is 3. The van der Waals surface area contributed by atoms with Crippen LogP contribution in [-0.4, -0.2) is 65.7 Å². The van der Waals surface area contributed by atoms with E-state index in [0.29, 0.717) is 12.8 Å². The van der Waals surface area contributed by atoms with Crippen molar-refractivity contribution in [1.82, 2.24) is 0 Å². The Morgan fingerprint density at radius 3 is 1.02 bits per heavy atom. The number of carbonyl (C=O) groups excluding carboxylic acids is 2. The van der Waals surface area contributed by atoms with Crippen LogP contribution in [0.3, 0.4) is 0 Å². The van der Waals surface area contributed by atoms with Crippen LogP contribution in [0.5, 0.6) is 0 Å². The molecule has 336 valence electrons. The molecule has 0 rings (SSSR count). The summed E-state index contributed by atoms with van der Waals surface area (Å²) in [5.41, 5.74) is 0. The Bertz CT molecular complexity index is 1000. The lowest BCUT2D eigenvalue weighted by atomic mass is 10.1. The van der Waals surface area contributed by atoms with Gasteiger partial charge in [-0.15, -0.1) is 0 Å². The van der Waals surface area contributed by atoms with E-state index in [4.69, 9.17) is 18.5 Å². The normalized spacial score (nSPS) is 14.0. The Morgan fingerprint density at radius 1 is 0.456 bits per heavy atom. The van der Waals surface area contributed by atoms with Crippen molar-refractivity contribution in [2.75, 3.05) is 26.4 Å². The van der Waals surface area contributed by atoms with E-state index in [0.717, 1.165) is 57.8 Å². The molecule has 0 heterocycles. The van der Waals surface area contributed by atoms with E-state index in [-0.39, 0.29) is 12.8 Å². The molecule has 57 heavy (non-hydrogen) atoms. The summed E-state index contributed by atoms with van der Waals surface area (Å²) in [4.78, 5) is 34.5. The lowest BCUT2D eigenvalue weighted by Gasteiger charge is -2.20. The summed E-state index contributed by atoms with van der Waals surface area (Å²) in [6, 6.07) is 0. The molecule has 3 N–H and O–H groups in total. The second-order valence-corrected chi connectivity index (χ2v) is 17.2. The molecule has 0 spiro atoms. The predicted octanol–water partition coefficient (Wildman–Crippen LogP) is 12.6. The van der Waals surface area contributed by atoms with Gasteiger partial charge in [-0.3, -0.25) is 18.6 Å². The van der Waals surface area contributed by atoms with Crippen molar-refractivity contribution in [3.05, 3.63) is 24.3 Å². The fraction of sp³-hybridized carbons (Fsp3) is 0.870. The largest absolute Gasteiger partial charge is 0.472 e. The average Bonchev–Trinajstić information content (AvgIpc) is 3.20. The zero-order chi connectivity index (χ0) is 41.9. The molecule has 0 fully saturated rings. The van der Waals surface area contributed by atoms with Gasteiger partial charge in [0.25, 0.3) is 0 Å². The van der Waals surface area contributed by atoms with Crippen LogP contribution < -0.4 is 0 Å². The van der Waals surface area contributed by atoms with Crippen molar-refractivity contribution in [3.8, 4) is 0 Å². The molecule has 0 bridgehead atoms. The molecule has 3 unspecified atom stereocenters. The van der Waals surface area contributed by atoms with Gasteiger partial charge in [0.05, 0.1) is 26.4 Å². The van der Waals surface area contributed by atoms with Crippen LogP contribution >= 0.6 is 7.82 Å². The van der Waals surface area contributed by atoms with Crippen LogP contribution in [-0.2, 0) is 32.7 Å². The molecule has 0 aromatic carbocycles. The minimum atomic E-state index is -4.64. The number of phosphoric acid groups is 1. The first-order chi connectivity index (χ1) is 27.8. The molecule has 0 aliphatic carbocycles. The third-order valence-corrected chi connectivity index (χ3v) is 11.1. The van der Waals surface area contributed by atoms with E-state index in [1.54, 1.807) is 0 Å². The summed E-state index contributed by atoms with van der Waals surface area (Å²) in [5.74, 6) is -1.02. The van der Waals surface area contributed by atoms with Crippen LogP contribution in [0.2, 0.25) is 0 Å². The smallest absolute Gasteiger partial charge is 0.457 e. The first-order valence-corrected chi connectivity index (χ1v) is 24.8. The zero-order valence-corrected chi connectivity index (χ0v) is 37.5. The summed E-state index contributed by atoms with van der Waals surface area (Å²) < 4.78 is 32.6. The van der Waals surface area contributed by atoms with Gasteiger partial charge in [0.15, 0.2) is 0 Å². The fourth-order valence-corrected chi connectivity index (χ4v) is 7.30. The molecule has 0 aliphatic heterocycles. The summed E-state index contributed by atoms with van der Waals surface area (Å²) in [7, 11) is -4.64. The van der Waals surface area contributed by atoms with Crippen molar-refractivity contribution in [1.29, 1.82) is 0 Å². The van der Waals surface area contributed by atoms with Crippen molar-refractivity contribution in [2.24, 2.45) is 0 Å². The van der Waals surface area contributed by atoms with Gasteiger partial charge in [0.2, 0.25) is 0 Å². The molecule has 0 aromatic heterocycles. The van der Waals surface area contributed by atoms with Crippen molar-refractivity contribution in [2.45, 2.75) is 232 Å². The van der Waals surface area contributed by atoms with E-state index >= 15 is 0 Å². The van der Waals surface area contributed by atoms with Crippen LogP contribution in [0.25, 0.3) is 0 Å². The molecular weight excluding hydrogens is 743 g/mol. The molecule has 3 atom stereocenters. The minimum Gasteiger partial charge on any atom is -0.457 e. The number of carbonyl (C=O) groups is 2. The number of esters is 2. The summed E-state index contributed by atoms with van der Waals surface area (Å²) in [6.07, 6.45) is 43.0. The first-order valence-electron chi connectivity index (χ1n) is 23.3. The van der Waals surface area contributed by atoms with Gasteiger partial charge in [-0.25, -0.2) is 4.57 Å². The van der Waals surface area contributed by atoms with Gasteiger partial charge in [0.1, 0.15) is 12.2 Å². The third-order valence-electron chi connectivity index (χ3n) is 10.1. The second kappa shape index (κ2) is 42.6. The standard InChI is InChI=1S/C46H87O10P/c1-3-5-7-9-11-13-15-17-18-19-20-21-22-23-24-26-28-30-32-34-36-38-46(50)56-44(40-48)42-54-57(51,52)53-41-43(39-47)55-45(49)37-35-33-31-29-27-25-16-14-12-10-8-6-4-2/h14,16,19-20,43-44,47-48H,3-13,15,17-18,21-42H2,1-2H3,(H,51,52)/b16-14-,20-19-. The molecule has 0 amide bonds. The molecular formula is C46H87O10P. The van der Waals surface area contributed by atoms with Gasteiger partial charge in [-0.1, -0.05) is 167 Å². The second-order valence-electron chi connectivity index (χ2n) is 15.7. The Morgan fingerprint density at radius 2 is 0.719 bits per heavy atom. The molecule has 0 radical (unpaired) electrons. The van der Waals surface area contributed by atoms with Crippen LogP contribution in [0.15, 0.2) is 24.3 Å². The quantitative estimate of drug-likeness (QED) is 0.0234. The highest BCUT2D eigenvalue weighted by Crippen LogP contribution is 2.43. The molecule has 0 saturated carbocycles. The molecule has 0 saturated heterocycles. The van der Waals surface area contributed by atoms with E-state index in [1.807, 2.05) is 0 Å². The lowest BCUT2D eigenvalue weighted by molar-refractivity contribution is -0.153. The fourth-order valence-electron chi connectivity index (χ4n) is 6.52. The number of hydrogen-bond acceptors (Lipinski definition) is 9. The Hall–Kier alpha value is -1.55. The Labute approximate surface area is 348 Å². The third kappa shape index (κ3) is 41.0. The number of rotatable bonds is 44. The van der Waals surface area contributed by atoms with Crippen LogP contribution in [0, 0.1) is 0 Å². The SMILES string of the molecule is CCCCCC/C=C\CCCCCCCC(=O)OC(CO)COP(=O)(O)OCC(CO)OC(=O)CCCCCCCCCCC/C=C\CCCCCCCCCC. The highest BCUT2D eigenvalue weighted by atomic mass is 31.2. The number of phosphoric ester groups is 1. The van der Waals surface area contributed by atoms with Gasteiger partial charge in [-0.05, 0) is 64.2 Å². The number of ether oxygens (including phenoxy) is 2. The number of aliphatic hydroxyl groups excluding tert-OH is 2. The van der Waals surface area contributed by atoms with E-state index in [9.17, 15) is 29.3 Å². The van der Waals surface area contributed by atoms with E-state index in [2.05, 4.69) is 38.2 Å². The van der Waals surface area contributed by atoms with Crippen molar-refractivity contribution < 1.29 is 47.8 Å². The van der Waals surface area contributed by atoms with Gasteiger partial charge in [-0.2, -0.15) is 0 Å². The molecule has 10 nitrogen and oxygen atoms in total. The Kier molecular flexibility index (Phi) is 41.4. The lowest BCUT2D eigenvalue weighted by Crippen LogP contribution is -2.28. The number of unbranched alkanes of at least 4 members (excludes halogenated alkanes) is 26. The topological polar surface area (TPSA) is 149 Å². The van der Waals surface area contributed by atoms with Crippen LogP contribution in [0.4, 0.5) is 0 Å². The zero-order valence-electron chi connectivity index (χ0n) is 36.6. The monoisotopic (exact) mass is 831 g/mol. The Balaban J connectivity index is 3.86. The van der Waals surface area contributed by atoms with Gasteiger partial charge >= 0.3 is 19.8 Å². The van der Waals surface area contributed by atoms with E-state index < -0.39 is 58.4 Å². The van der Waals surface area contributed by atoms with Gasteiger partial charge in [0, 0.05) is 12.8 Å². The van der Waals surface area contributed by atoms with Crippen molar-refractivity contribution >= 4 is 19.8 Å². The number of allylic oxidation sites excluding steroid dienone is 4. The first kappa shape index (κ1) is 55.5. The molecule has 11 heteroatoms. The van der Waals surface area contributed by atoms with Crippen molar-refractivity contribution in [3.63, 3.8) is 0 Å². The maximum atomic E-state index is 12.4. The summed E-state index contributed by atoms with van der Waals surface area (Å²) in [5, 5.41) is 19.2. The maximum absolute atomic E-state index is 12.4. The molecule has 0 aliphatic rings. The average molecular weight is 831 g/mol. The highest BCUT2D eigenvalue weighted by Gasteiger charge is 2.27. The maximum Gasteiger partial charge on any atom is 0.472 e.